The first kappa shape index (κ1) is 25.0. The van der Waals surface area contributed by atoms with E-state index in [2.05, 4.69) is 34.2 Å². The summed E-state index contributed by atoms with van der Waals surface area (Å²) in [5.74, 6) is 0.106. The molecule has 8 heteroatoms. The Morgan fingerprint density at radius 3 is 2.54 bits per heavy atom. The number of hydrogen-bond acceptors (Lipinski definition) is 7. The molecule has 2 aliphatic rings. The van der Waals surface area contributed by atoms with Crippen LogP contribution < -0.4 is 24.5 Å². The molecule has 2 aromatic carbocycles. The first-order chi connectivity index (χ1) is 18.0. The van der Waals surface area contributed by atoms with Crippen LogP contribution in [0.2, 0.25) is 0 Å². The molecule has 1 saturated heterocycles. The number of aromatic nitrogens is 1. The van der Waals surface area contributed by atoms with Crippen molar-refractivity contribution in [2.75, 3.05) is 31.7 Å². The number of methoxy groups -OCH3 is 1. The van der Waals surface area contributed by atoms with Gasteiger partial charge in [-0.2, -0.15) is 0 Å². The molecule has 0 aliphatic carbocycles. The Morgan fingerprint density at radius 2 is 1.84 bits per heavy atom. The van der Waals surface area contributed by atoms with Gasteiger partial charge in [0, 0.05) is 24.3 Å². The zero-order valence-corrected chi connectivity index (χ0v) is 22.2. The SMILES string of the molecule is CCOC(=O)C1=C(C)N=c2s/c(=C/c3ccc(N4CCCCC4)cc3)c(=O)n2[C@@H]1c1ccccc1OC. The number of rotatable bonds is 6. The van der Waals surface area contributed by atoms with E-state index in [-0.39, 0.29) is 12.2 Å². The summed E-state index contributed by atoms with van der Waals surface area (Å²) in [6.45, 7) is 5.95. The van der Waals surface area contributed by atoms with Crippen molar-refractivity contribution < 1.29 is 14.3 Å². The van der Waals surface area contributed by atoms with Crippen LogP contribution in [-0.2, 0) is 9.53 Å². The zero-order valence-electron chi connectivity index (χ0n) is 21.4. The van der Waals surface area contributed by atoms with Crippen molar-refractivity contribution in [2.45, 2.75) is 39.2 Å². The molecule has 0 spiro atoms. The number of para-hydroxylation sites is 1. The van der Waals surface area contributed by atoms with E-state index in [1.807, 2.05) is 30.3 Å². The number of nitrogens with zero attached hydrogens (tertiary/aromatic N) is 3. The molecule has 1 atom stereocenters. The summed E-state index contributed by atoms with van der Waals surface area (Å²) in [5.41, 5.74) is 3.55. The largest absolute Gasteiger partial charge is 0.496 e. The molecular formula is C29H31N3O4S. The van der Waals surface area contributed by atoms with Crippen molar-refractivity contribution in [1.29, 1.82) is 0 Å². The summed E-state index contributed by atoms with van der Waals surface area (Å²) in [5, 5.41) is 0. The third kappa shape index (κ3) is 4.85. The van der Waals surface area contributed by atoms with Gasteiger partial charge in [0.15, 0.2) is 4.80 Å². The Morgan fingerprint density at radius 1 is 1.11 bits per heavy atom. The highest BCUT2D eigenvalue weighted by atomic mass is 32.1. The molecule has 0 amide bonds. The molecular weight excluding hydrogens is 486 g/mol. The molecule has 0 unspecified atom stereocenters. The van der Waals surface area contributed by atoms with E-state index >= 15 is 0 Å². The molecule has 3 aromatic rings. The second-order valence-electron chi connectivity index (χ2n) is 9.18. The van der Waals surface area contributed by atoms with Gasteiger partial charge in [0.1, 0.15) is 11.8 Å². The molecule has 3 heterocycles. The fraction of sp³-hybridized carbons (Fsp3) is 0.345. The number of fused-ring (bicyclic) bond motifs is 1. The van der Waals surface area contributed by atoms with E-state index in [1.165, 1.54) is 36.3 Å². The van der Waals surface area contributed by atoms with Gasteiger partial charge >= 0.3 is 5.97 Å². The average Bonchev–Trinajstić information content (AvgIpc) is 3.23. The summed E-state index contributed by atoms with van der Waals surface area (Å²) < 4.78 is 13.1. The average molecular weight is 518 g/mol. The van der Waals surface area contributed by atoms with Crippen LogP contribution in [0.3, 0.4) is 0 Å². The van der Waals surface area contributed by atoms with Crippen LogP contribution in [0.15, 0.2) is 69.6 Å². The van der Waals surface area contributed by atoms with Gasteiger partial charge in [-0.25, -0.2) is 9.79 Å². The fourth-order valence-corrected chi connectivity index (χ4v) is 6.11. The van der Waals surface area contributed by atoms with Crippen molar-refractivity contribution in [1.82, 2.24) is 4.57 Å². The van der Waals surface area contributed by atoms with Gasteiger partial charge in [-0.15, -0.1) is 0 Å². The van der Waals surface area contributed by atoms with E-state index in [9.17, 15) is 9.59 Å². The number of anilines is 1. The minimum atomic E-state index is -0.699. The van der Waals surface area contributed by atoms with Crippen LogP contribution in [0.1, 0.15) is 50.3 Å². The lowest BCUT2D eigenvalue weighted by Gasteiger charge is -2.28. The van der Waals surface area contributed by atoms with Crippen LogP contribution in [0, 0.1) is 0 Å². The van der Waals surface area contributed by atoms with E-state index in [1.54, 1.807) is 25.5 Å². The van der Waals surface area contributed by atoms with Crippen molar-refractivity contribution in [3.63, 3.8) is 0 Å². The Labute approximate surface area is 220 Å². The molecule has 0 N–H and O–H groups in total. The lowest BCUT2D eigenvalue weighted by molar-refractivity contribution is -0.139. The van der Waals surface area contributed by atoms with Gasteiger partial charge in [-0.05, 0) is 62.9 Å². The highest BCUT2D eigenvalue weighted by Crippen LogP contribution is 2.35. The van der Waals surface area contributed by atoms with Gasteiger partial charge in [-0.3, -0.25) is 9.36 Å². The summed E-state index contributed by atoms with van der Waals surface area (Å²) in [7, 11) is 1.58. The maximum Gasteiger partial charge on any atom is 0.338 e. The minimum absolute atomic E-state index is 0.200. The zero-order chi connectivity index (χ0) is 25.9. The van der Waals surface area contributed by atoms with Crippen LogP contribution in [0.5, 0.6) is 5.75 Å². The highest BCUT2D eigenvalue weighted by molar-refractivity contribution is 7.07. The molecule has 0 bridgehead atoms. The van der Waals surface area contributed by atoms with Gasteiger partial charge in [0.05, 0.1) is 29.5 Å². The third-order valence-electron chi connectivity index (χ3n) is 6.86. The Balaban J connectivity index is 1.61. The van der Waals surface area contributed by atoms with Gasteiger partial charge in [-0.1, -0.05) is 41.7 Å². The molecule has 1 aromatic heterocycles. The Hall–Kier alpha value is -3.65. The van der Waals surface area contributed by atoms with Gasteiger partial charge < -0.3 is 14.4 Å². The van der Waals surface area contributed by atoms with Crippen molar-refractivity contribution >= 4 is 29.1 Å². The highest BCUT2D eigenvalue weighted by Gasteiger charge is 2.34. The molecule has 37 heavy (non-hydrogen) atoms. The molecule has 0 saturated carbocycles. The van der Waals surface area contributed by atoms with E-state index < -0.39 is 12.0 Å². The number of esters is 1. The second-order valence-corrected chi connectivity index (χ2v) is 10.2. The van der Waals surface area contributed by atoms with Crippen molar-refractivity contribution in [3.8, 4) is 5.75 Å². The van der Waals surface area contributed by atoms with Crippen LogP contribution in [-0.4, -0.2) is 37.3 Å². The van der Waals surface area contributed by atoms with Crippen LogP contribution in [0.4, 0.5) is 5.69 Å². The minimum Gasteiger partial charge on any atom is -0.496 e. The second kappa shape index (κ2) is 10.8. The topological polar surface area (TPSA) is 73.1 Å². The number of carbonyl (C=O) groups excluding carboxylic acids is 1. The first-order valence-electron chi connectivity index (χ1n) is 12.7. The number of piperidine rings is 1. The lowest BCUT2D eigenvalue weighted by Crippen LogP contribution is -2.40. The number of benzene rings is 2. The first-order valence-corrected chi connectivity index (χ1v) is 13.5. The third-order valence-corrected chi connectivity index (χ3v) is 7.85. The van der Waals surface area contributed by atoms with E-state index in [0.717, 1.165) is 18.7 Å². The number of ether oxygens (including phenoxy) is 2. The number of hydrogen-bond donors (Lipinski definition) is 0. The predicted octanol–water partition coefficient (Wildman–Crippen LogP) is 3.80. The molecule has 1 fully saturated rings. The molecule has 2 aliphatic heterocycles. The fourth-order valence-electron chi connectivity index (χ4n) is 5.06. The normalized spacial score (nSPS) is 17.9. The van der Waals surface area contributed by atoms with Crippen LogP contribution in [0.25, 0.3) is 6.08 Å². The number of allylic oxidation sites excluding steroid dienone is 1. The standard InChI is InChI=1S/C29H31N3O4S/c1-4-36-28(34)25-19(2)30-29-32(26(25)22-10-6-7-11-23(22)35-3)27(33)24(37-29)18-20-12-14-21(15-13-20)31-16-8-5-9-17-31/h6-7,10-15,18,26H,4-5,8-9,16-17H2,1-3H3/b24-18+/t26-/m1/s1. The summed E-state index contributed by atoms with van der Waals surface area (Å²) in [4.78, 5) is 34.5. The lowest BCUT2D eigenvalue weighted by atomic mass is 9.95. The predicted molar refractivity (Wildman–Crippen MR) is 146 cm³/mol. The summed E-state index contributed by atoms with van der Waals surface area (Å²) >= 11 is 1.32. The van der Waals surface area contributed by atoms with Gasteiger partial charge in [0.25, 0.3) is 5.56 Å². The Kier molecular flexibility index (Phi) is 7.28. The van der Waals surface area contributed by atoms with E-state index in [0.29, 0.717) is 31.9 Å². The molecule has 192 valence electrons. The number of carbonyl (C=O) groups is 1. The van der Waals surface area contributed by atoms with Gasteiger partial charge in [0.2, 0.25) is 0 Å². The van der Waals surface area contributed by atoms with E-state index in [4.69, 9.17) is 9.47 Å². The monoisotopic (exact) mass is 517 g/mol. The van der Waals surface area contributed by atoms with Crippen molar-refractivity contribution in [2.24, 2.45) is 4.99 Å². The number of thiazole rings is 1. The summed E-state index contributed by atoms with van der Waals surface area (Å²) in [6.07, 6.45) is 5.64. The smallest absolute Gasteiger partial charge is 0.338 e. The molecule has 0 radical (unpaired) electrons. The van der Waals surface area contributed by atoms with Crippen molar-refractivity contribution in [3.05, 3.63) is 90.6 Å². The van der Waals surface area contributed by atoms with Crippen LogP contribution >= 0.6 is 11.3 Å². The maximum absolute atomic E-state index is 13.8. The quantitative estimate of drug-likeness (QED) is 0.465. The summed E-state index contributed by atoms with van der Waals surface area (Å²) in [6, 6.07) is 15.1. The Bertz CT molecular complexity index is 1510. The molecule has 7 nitrogen and oxygen atoms in total. The molecule has 5 rings (SSSR count). The maximum atomic E-state index is 13.8.